The third-order valence-corrected chi connectivity index (χ3v) is 3.17. The van der Waals surface area contributed by atoms with Crippen LogP contribution in [0, 0.1) is 0 Å². The zero-order chi connectivity index (χ0) is 12.3. The number of hydrogen-bond donors (Lipinski definition) is 0. The number of piperidine rings is 1. The first-order valence-corrected chi connectivity index (χ1v) is 5.84. The monoisotopic (exact) mass is 275 g/mol. The molecule has 6 nitrogen and oxygen atoms in total. The van der Waals surface area contributed by atoms with Gasteiger partial charge in [0.25, 0.3) is 0 Å². The van der Waals surface area contributed by atoms with Gasteiger partial charge in [0.05, 0.1) is 0 Å². The molecule has 0 unspecified atom stereocenters. The molecule has 2 rings (SSSR count). The first-order chi connectivity index (χ1) is 8.10. The molecule has 0 saturated carbocycles. The topological polar surface area (TPSA) is 68.5 Å². The highest BCUT2D eigenvalue weighted by Crippen LogP contribution is 2.22. The van der Waals surface area contributed by atoms with Crippen molar-refractivity contribution in [3.63, 3.8) is 0 Å². The van der Waals surface area contributed by atoms with Crippen molar-refractivity contribution in [1.29, 1.82) is 0 Å². The average Bonchev–Trinajstić information content (AvgIpc) is 2.83. The Morgan fingerprint density at radius 1 is 1.39 bits per heavy atom. The Hall–Kier alpha value is -1.14. The fraction of sp³-hybridized carbons (Fsp3) is 0.727. The number of likely N-dealkylation sites (tertiary alicyclic amines) is 1. The van der Waals surface area contributed by atoms with Crippen molar-refractivity contribution in [1.82, 2.24) is 15.1 Å². The molecule has 1 aromatic rings. The lowest BCUT2D eigenvalue weighted by Crippen LogP contribution is -2.53. The molecule has 0 N–H and O–H groups in total. The molecule has 0 spiro atoms. The van der Waals surface area contributed by atoms with E-state index in [2.05, 4.69) is 15.1 Å². The quantitative estimate of drug-likeness (QED) is 0.782. The van der Waals surface area contributed by atoms with Crippen LogP contribution in [0.2, 0.25) is 0 Å². The summed E-state index contributed by atoms with van der Waals surface area (Å²) in [5.41, 5.74) is -0.658. The van der Waals surface area contributed by atoms with E-state index in [1.165, 1.54) is 6.42 Å². The predicted molar refractivity (Wildman–Crippen MR) is 66.7 cm³/mol. The van der Waals surface area contributed by atoms with Gasteiger partial charge < -0.3 is 9.15 Å². The van der Waals surface area contributed by atoms with Crippen LogP contribution in [-0.4, -0.2) is 39.7 Å². The van der Waals surface area contributed by atoms with E-state index in [-0.39, 0.29) is 24.5 Å². The first kappa shape index (κ1) is 14.9. The SMILES string of the molecule is CC(C)(C(=O)Oc1nnco1)N1CCCCC1.Cl. The van der Waals surface area contributed by atoms with Gasteiger partial charge in [0.2, 0.25) is 6.39 Å². The Kier molecular flexibility index (Phi) is 5.10. The summed E-state index contributed by atoms with van der Waals surface area (Å²) in [4.78, 5) is 14.2. The number of hydrogen-bond acceptors (Lipinski definition) is 6. The first-order valence-electron chi connectivity index (χ1n) is 5.84. The molecule has 7 heteroatoms. The van der Waals surface area contributed by atoms with Crippen molar-refractivity contribution in [2.75, 3.05) is 13.1 Å². The van der Waals surface area contributed by atoms with Gasteiger partial charge in [-0.05, 0) is 39.8 Å². The lowest BCUT2D eigenvalue weighted by molar-refractivity contribution is -0.148. The van der Waals surface area contributed by atoms with Crippen molar-refractivity contribution >= 4 is 18.4 Å². The summed E-state index contributed by atoms with van der Waals surface area (Å²) in [6.07, 6.45) is 4.51. The van der Waals surface area contributed by atoms with E-state index in [0.29, 0.717) is 0 Å². The Balaban J connectivity index is 0.00000162. The summed E-state index contributed by atoms with van der Waals surface area (Å²) < 4.78 is 9.85. The molecule has 0 atom stereocenters. The summed E-state index contributed by atoms with van der Waals surface area (Å²) in [5.74, 6) is -0.358. The second-order valence-electron chi connectivity index (χ2n) is 4.70. The summed E-state index contributed by atoms with van der Waals surface area (Å²) in [7, 11) is 0. The second-order valence-corrected chi connectivity index (χ2v) is 4.70. The molecule has 1 aliphatic heterocycles. The van der Waals surface area contributed by atoms with E-state index in [4.69, 9.17) is 9.15 Å². The van der Waals surface area contributed by atoms with Crippen LogP contribution in [-0.2, 0) is 4.79 Å². The summed E-state index contributed by atoms with van der Waals surface area (Å²) in [6, 6.07) is 0. The minimum Gasteiger partial charge on any atom is -0.396 e. The van der Waals surface area contributed by atoms with Gasteiger partial charge in [-0.1, -0.05) is 11.5 Å². The number of carbonyl (C=O) groups excluding carboxylic acids is 1. The molecule has 1 aromatic heterocycles. The lowest BCUT2D eigenvalue weighted by atomic mass is 9.99. The number of halogens is 1. The number of esters is 1. The average molecular weight is 276 g/mol. The third kappa shape index (κ3) is 3.20. The van der Waals surface area contributed by atoms with Crippen LogP contribution in [0.15, 0.2) is 10.8 Å². The van der Waals surface area contributed by atoms with Crippen LogP contribution in [0.5, 0.6) is 6.08 Å². The summed E-state index contributed by atoms with van der Waals surface area (Å²) >= 11 is 0. The van der Waals surface area contributed by atoms with Gasteiger partial charge >= 0.3 is 12.0 Å². The molecule has 18 heavy (non-hydrogen) atoms. The standard InChI is InChI=1S/C11H17N3O3.ClH/c1-11(2,14-6-4-3-5-7-14)9(15)17-10-13-12-8-16-10;/h8H,3-7H2,1-2H3;1H. The molecular weight excluding hydrogens is 258 g/mol. The lowest BCUT2D eigenvalue weighted by Gasteiger charge is -2.38. The normalized spacial score (nSPS) is 17.0. The summed E-state index contributed by atoms with van der Waals surface area (Å²) in [6.45, 7) is 5.56. The maximum Gasteiger partial charge on any atom is 0.422 e. The van der Waals surface area contributed by atoms with Crippen LogP contribution in [0.1, 0.15) is 33.1 Å². The number of rotatable bonds is 3. The minimum atomic E-state index is -0.658. The Bertz CT molecular complexity index is 375. The number of ether oxygens (including phenoxy) is 1. The molecule has 1 aliphatic rings. The summed E-state index contributed by atoms with van der Waals surface area (Å²) in [5, 5.41) is 7.00. The van der Waals surface area contributed by atoms with Gasteiger partial charge in [0, 0.05) is 0 Å². The van der Waals surface area contributed by atoms with Crippen LogP contribution < -0.4 is 4.74 Å². The van der Waals surface area contributed by atoms with Crippen LogP contribution >= 0.6 is 12.4 Å². The molecule has 102 valence electrons. The van der Waals surface area contributed by atoms with Gasteiger partial charge in [0.15, 0.2) is 0 Å². The van der Waals surface area contributed by atoms with E-state index in [1.807, 2.05) is 13.8 Å². The highest BCUT2D eigenvalue weighted by Gasteiger charge is 2.37. The van der Waals surface area contributed by atoms with Crippen LogP contribution in [0.3, 0.4) is 0 Å². The van der Waals surface area contributed by atoms with E-state index in [0.717, 1.165) is 32.3 Å². The Morgan fingerprint density at radius 3 is 2.61 bits per heavy atom. The largest absolute Gasteiger partial charge is 0.422 e. The second kappa shape index (κ2) is 6.15. The van der Waals surface area contributed by atoms with Crippen molar-refractivity contribution in [2.45, 2.75) is 38.6 Å². The van der Waals surface area contributed by atoms with E-state index < -0.39 is 5.54 Å². The number of nitrogens with zero attached hydrogens (tertiary/aromatic N) is 3. The molecule has 1 saturated heterocycles. The predicted octanol–water partition coefficient (Wildman–Crippen LogP) is 1.66. The number of carbonyl (C=O) groups is 1. The van der Waals surface area contributed by atoms with E-state index in [1.54, 1.807) is 0 Å². The molecule has 0 aromatic carbocycles. The van der Waals surface area contributed by atoms with Gasteiger partial charge in [0.1, 0.15) is 5.54 Å². The molecule has 1 fully saturated rings. The van der Waals surface area contributed by atoms with E-state index in [9.17, 15) is 4.79 Å². The maximum absolute atomic E-state index is 12.0. The van der Waals surface area contributed by atoms with Crippen molar-refractivity contribution in [3.8, 4) is 6.08 Å². The molecule has 0 aliphatic carbocycles. The van der Waals surface area contributed by atoms with Crippen molar-refractivity contribution in [3.05, 3.63) is 6.39 Å². The Labute approximate surface area is 112 Å². The zero-order valence-corrected chi connectivity index (χ0v) is 11.4. The van der Waals surface area contributed by atoms with Crippen molar-refractivity contribution < 1.29 is 13.9 Å². The zero-order valence-electron chi connectivity index (χ0n) is 10.6. The minimum absolute atomic E-state index is 0. The van der Waals surface area contributed by atoms with Crippen LogP contribution in [0.25, 0.3) is 0 Å². The van der Waals surface area contributed by atoms with Gasteiger partial charge in [-0.25, -0.2) is 4.79 Å². The fourth-order valence-corrected chi connectivity index (χ4v) is 1.99. The van der Waals surface area contributed by atoms with Gasteiger partial charge in [-0.3, -0.25) is 4.90 Å². The highest BCUT2D eigenvalue weighted by molar-refractivity contribution is 5.85. The van der Waals surface area contributed by atoms with Crippen molar-refractivity contribution in [2.24, 2.45) is 0 Å². The molecular formula is C11H18ClN3O3. The van der Waals surface area contributed by atoms with Gasteiger partial charge in [-0.2, -0.15) is 0 Å². The highest BCUT2D eigenvalue weighted by atomic mass is 35.5. The molecule has 0 amide bonds. The maximum atomic E-state index is 12.0. The fourth-order valence-electron chi connectivity index (χ4n) is 1.99. The molecule has 0 radical (unpaired) electrons. The van der Waals surface area contributed by atoms with Crippen LogP contribution in [0.4, 0.5) is 0 Å². The Morgan fingerprint density at radius 2 is 2.06 bits per heavy atom. The van der Waals surface area contributed by atoms with Gasteiger partial charge in [-0.15, -0.1) is 17.5 Å². The molecule has 2 heterocycles. The van der Waals surface area contributed by atoms with E-state index >= 15 is 0 Å². The smallest absolute Gasteiger partial charge is 0.396 e. The molecule has 0 bridgehead atoms. The number of aromatic nitrogens is 2. The third-order valence-electron chi connectivity index (χ3n) is 3.17.